The Morgan fingerprint density at radius 1 is 0.886 bits per heavy atom. The molecule has 1 heterocycles. The van der Waals surface area contributed by atoms with Crippen LogP contribution in [0.1, 0.15) is 29.3 Å². The van der Waals surface area contributed by atoms with Gasteiger partial charge in [0.15, 0.2) is 0 Å². The van der Waals surface area contributed by atoms with Crippen LogP contribution in [0.4, 0.5) is 11.4 Å². The fraction of sp³-hybridized carbons (Fsp3) is 0.115. The van der Waals surface area contributed by atoms with Gasteiger partial charge in [0.25, 0.3) is 11.8 Å². The zero-order chi connectivity index (χ0) is 25.1. The third-order valence-corrected chi connectivity index (χ3v) is 5.98. The summed E-state index contributed by atoms with van der Waals surface area (Å²) in [5, 5.41) is 3.11. The molecule has 0 unspecified atom stereocenters. The van der Waals surface area contributed by atoms with E-state index in [-0.39, 0.29) is 26.5 Å². The molecule has 3 aromatic rings. The SMILES string of the molecule is CCCc1ccc(OC(=O)c2ccc(NC3=C(Cl)C(=O)N(c4cc(Cl)cc(Cl)c4)C3=O)cc2)cc1. The zero-order valence-corrected chi connectivity index (χ0v) is 20.7. The van der Waals surface area contributed by atoms with E-state index in [9.17, 15) is 14.4 Å². The minimum absolute atomic E-state index is 0.102. The number of ether oxygens (including phenoxy) is 1. The van der Waals surface area contributed by atoms with Crippen molar-refractivity contribution in [3.8, 4) is 5.75 Å². The van der Waals surface area contributed by atoms with Gasteiger partial charge in [-0.25, -0.2) is 9.69 Å². The van der Waals surface area contributed by atoms with Gasteiger partial charge in [-0.05, 0) is 66.6 Å². The summed E-state index contributed by atoms with van der Waals surface area (Å²) in [7, 11) is 0. The largest absolute Gasteiger partial charge is 0.423 e. The number of rotatable bonds is 7. The maximum absolute atomic E-state index is 12.9. The normalized spacial score (nSPS) is 13.4. The smallest absolute Gasteiger partial charge is 0.343 e. The average molecular weight is 530 g/mol. The van der Waals surface area contributed by atoms with Gasteiger partial charge in [0.2, 0.25) is 0 Å². The van der Waals surface area contributed by atoms with Gasteiger partial charge in [-0.2, -0.15) is 0 Å². The molecule has 0 atom stereocenters. The van der Waals surface area contributed by atoms with E-state index in [1.165, 1.54) is 23.8 Å². The van der Waals surface area contributed by atoms with Gasteiger partial charge in [0, 0.05) is 15.7 Å². The van der Waals surface area contributed by atoms with Crippen molar-refractivity contribution in [2.45, 2.75) is 19.8 Å². The topological polar surface area (TPSA) is 75.7 Å². The number of nitrogens with one attached hydrogen (secondary N) is 1. The van der Waals surface area contributed by atoms with Gasteiger partial charge in [0.1, 0.15) is 16.5 Å². The molecule has 0 bridgehead atoms. The predicted molar refractivity (Wildman–Crippen MR) is 137 cm³/mol. The van der Waals surface area contributed by atoms with Crippen molar-refractivity contribution in [1.82, 2.24) is 0 Å². The Labute approximate surface area is 217 Å². The first-order valence-corrected chi connectivity index (χ1v) is 11.8. The van der Waals surface area contributed by atoms with Crippen LogP contribution in [-0.2, 0) is 16.0 Å². The number of halogens is 3. The van der Waals surface area contributed by atoms with Gasteiger partial charge in [0.05, 0.1) is 11.3 Å². The zero-order valence-electron chi connectivity index (χ0n) is 18.5. The van der Waals surface area contributed by atoms with E-state index in [2.05, 4.69) is 12.2 Å². The number of nitrogens with zero attached hydrogens (tertiary/aromatic N) is 1. The van der Waals surface area contributed by atoms with Gasteiger partial charge >= 0.3 is 5.97 Å². The molecular weight excluding hydrogens is 511 g/mol. The maximum atomic E-state index is 12.9. The van der Waals surface area contributed by atoms with Crippen molar-refractivity contribution in [2.24, 2.45) is 0 Å². The fourth-order valence-corrected chi connectivity index (χ4v) is 4.25. The van der Waals surface area contributed by atoms with E-state index >= 15 is 0 Å². The molecule has 1 aliphatic rings. The van der Waals surface area contributed by atoms with Crippen LogP contribution < -0.4 is 15.0 Å². The lowest BCUT2D eigenvalue weighted by Crippen LogP contribution is -2.32. The number of hydrogen-bond donors (Lipinski definition) is 1. The van der Waals surface area contributed by atoms with Crippen LogP contribution in [0.3, 0.4) is 0 Å². The molecule has 1 N–H and O–H groups in total. The molecule has 0 radical (unpaired) electrons. The van der Waals surface area contributed by atoms with E-state index in [1.54, 1.807) is 36.4 Å². The molecule has 0 aromatic heterocycles. The quantitative estimate of drug-likeness (QED) is 0.212. The summed E-state index contributed by atoms with van der Waals surface area (Å²) in [6.45, 7) is 2.10. The van der Waals surface area contributed by atoms with Gasteiger partial charge < -0.3 is 10.1 Å². The molecule has 9 heteroatoms. The van der Waals surface area contributed by atoms with Crippen molar-refractivity contribution in [1.29, 1.82) is 0 Å². The molecule has 0 saturated heterocycles. The molecule has 3 aromatic carbocycles. The van der Waals surface area contributed by atoms with E-state index in [0.29, 0.717) is 17.0 Å². The van der Waals surface area contributed by atoms with Crippen molar-refractivity contribution in [3.05, 3.63) is 98.6 Å². The monoisotopic (exact) mass is 528 g/mol. The first-order chi connectivity index (χ1) is 16.8. The van der Waals surface area contributed by atoms with E-state index < -0.39 is 17.8 Å². The summed E-state index contributed by atoms with van der Waals surface area (Å²) in [6, 6.07) is 18.0. The van der Waals surface area contributed by atoms with E-state index in [1.807, 2.05) is 12.1 Å². The van der Waals surface area contributed by atoms with Crippen LogP contribution in [0.2, 0.25) is 10.0 Å². The van der Waals surface area contributed by atoms with Crippen LogP contribution in [0.15, 0.2) is 77.5 Å². The Morgan fingerprint density at radius 2 is 1.51 bits per heavy atom. The lowest BCUT2D eigenvalue weighted by atomic mass is 10.1. The third kappa shape index (κ3) is 5.51. The number of anilines is 2. The van der Waals surface area contributed by atoms with E-state index in [4.69, 9.17) is 39.5 Å². The van der Waals surface area contributed by atoms with Crippen molar-refractivity contribution < 1.29 is 19.1 Å². The highest BCUT2D eigenvalue weighted by Crippen LogP contribution is 2.33. The Hall–Kier alpha value is -3.32. The third-order valence-electron chi connectivity index (χ3n) is 5.20. The van der Waals surface area contributed by atoms with Crippen LogP contribution >= 0.6 is 34.8 Å². The lowest BCUT2D eigenvalue weighted by molar-refractivity contribution is -0.120. The van der Waals surface area contributed by atoms with Gasteiger partial charge in [-0.15, -0.1) is 0 Å². The second kappa shape index (κ2) is 10.5. The molecule has 2 amide bonds. The highest BCUT2D eigenvalue weighted by molar-refractivity contribution is 6.53. The van der Waals surface area contributed by atoms with E-state index in [0.717, 1.165) is 17.7 Å². The Kier molecular flexibility index (Phi) is 7.45. The number of aryl methyl sites for hydroxylation is 1. The minimum atomic E-state index is -0.706. The number of amides is 2. The summed E-state index contributed by atoms with van der Waals surface area (Å²) in [5.74, 6) is -1.44. The van der Waals surface area contributed by atoms with Crippen LogP contribution in [0.5, 0.6) is 5.75 Å². The Balaban J connectivity index is 1.45. The predicted octanol–water partition coefficient (Wildman–Crippen LogP) is 6.60. The Morgan fingerprint density at radius 3 is 2.11 bits per heavy atom. The molecule has 0 fully saturated rings. The fourth-order valence-electron chi connectivity index (χ4n) is 3.53. The number of hydrogen-bond acceptors (Lipinski definition) is 5. The summed E-state index contributed by atoms with van der Waals surface area (Å²) in [4.78, 5) is 39.0. The van der Waals surface area contributed by atoms with Crippen LogP contribution in [0, 0.1) is 0 Å². The Bertz CT molecular complexity index is 1320. The average Bonchev–Trinajstić information content (AvgIpc) is 3.03. The maximum Gasteiger partial charge on any atom is 0.343 e. The van der Waals surface area contributed by atoms with Crippen molar-refractivity contribution in [2.75, 3.05) is 10.2 Å². The van der Waals surface area contributed by atoms with Crippen molar-refractivity contribution >= 4 is 64.0 Å². The van der Waals surface area contributed by atoms with Gasteiger partial charge in [-0.3, -0.25) is 9.59 Å². The lowest BCUT2D eigenvalue weighted by Gasteiger charge is -2.16. The second-order valence-corrected chi connectivity index (χ2v) is 9.00. The molecule has 6 nitrogen and oxygen atoms in total. The molecule has 0 saturated carbocycles. The van der Waals surface area contributed by atoms with Gasteiger partial charge in [-0.1, -0.05) is 60.3 Å². The summed E-state index contributed by atoms with van der Waals surface area (Å²) in [6.07, 6.45) is 2.00. The van der Waals surface area contributed by atoms with Crippen LogP contribution in [-0.4, -0.2) is 17.8 Å². The first kappa shape index (κ1) is 24.8. The molecule has 4 rings (SSSR count). The molecule has 178 valence electrons. The highest BCUT2D eigenvalue weighted by atomic mass is 35.5. The molecule has 0 spiro atoms. The standard InChI is InChI=1S/C26H19Cl3N2O4/c1-2-3-15-4-10-21(11-5-15)35-26(34)16-6-8-19(9-7-16)30-23-22(29)24(32)31(25(23)33)20-13-17(27)12-18(28)14-20/h4-14,30H,2-3H2,1H3. The number of benzene rings is 3. The summed E-state index contributed by atoms with van der Waals surface area (Å²) < 4.78 is 5.42. The number of carbonyl (C=O) groups excluding carboxylic acids is 3. The summed E-state index contributed by atoms with van der Waals surface area (Å²) in [5.41, 5.74) is 2.04. The number of esters is 1. The summed E-state index contributed by atoms with van der Waals surface area (Å²) >= 11 is 18.2. The molecular formula is C26H19Cl3N2O4. The number of carbonyl (C=O) groups is 3. The molecule has 0 aliphatic carbocycles. The molecule has 1 aliphatic heterocycles. The molecule has 35 heavy (non-hydrogen) atoms. The highest BCUT2D eigenvalue weighted by Gasteiger charge is 2.39. The first-order valence-electron chi connectivity index (χ1n) is 10.7. The number of imide groups is 1. The second-order valence-electron chi connectivity index (χ2n) is 7.75. The van der Waals surface area contributed by atoms with Crippen LogP contribution in [0.25, 0.3) is 0 Å². The van der Waals surface area contributed by atoms with Crippen molar-refractivity contribution in [3.63, 3.8) is 0 Å². The minimum Gasteiger partial charge on any atom is -0.423 e.